The maximum absolute atomic E-state index is 12.5. The molecule has 138 valence electrons. The van der Waals surface area contributed by atoms with Gasteiger partial charge in [-0.2, -0.15) is 18.3 Å². The summed E-state index contributed by atoms with van der Waals surface area (Å²) in [6.07, 6.45) is -4.49. The molecular formula is C16H13ClF3N3O2S. The molecule has 2 aromatic heterocycles. The average molecular weight is 404 g/mol. The van der Waals surface area contributed by atoms with Crippen molar-refractivity contribution in [2.24, 2.45) is 7.05 Å². The molecule has 5 nitrogen and oxygen atoms in total. The highest BCUT2D eigenvalue weighted by Crippen LogP contribution is 2.32. The van der Waals surface area contributed by atoms with Gasteiger partial charge in [0.1, 0.15) is 10.6 Å². The zero-order valence-corrected chi connectivity index (χ0v) is 15.2. The van der Waals surface area contributed by atoms with Gasteiger partial charge in [0.05, 0.1) is 16.3 Å². The molecule has 0 saturated carbocycles. The SMILES string of the molecule is Cc1nn(C)c2sc(C(=O)Nc3cc(Cl)ccc3OCC(F)(F)F)cc12. The summed E-state index contributed by atoms with van der Waals surface area (Å²) in [5.74, 6) is -0.580. The number of ether oxygens (including phenoxy) is 1. The van der Waals surface area contributed by atoms with Crippen LogP contribution in [0.5, 0.6) is 5.75 Å². The Balaban J connectivity index is 1.85. The van der Waals surface area contributed by atoms with E-state index >= 15 is 0 Å². The molecule has 0 radical (unpaired) electrons. The normalized spacial score (nSPS) is 11.8. The van der Waals surface area contributed by atoms with Gasteiger partial charge in [-0.15, -0.1) is 11.3 Å². The van der Waals surface area contributed by atoms with E-state index in [-0.39, 0.29) is 16.5 Å². The Kier molecular flexibility index (Phi) is 4.85. The number of hydrogen-bond acceptors (Lipinski definition) is 4. The molecule has 3 aromatic rings. The van der Waals surface area contributed by atoms with Crippen LogP contribution in [0.15, 0.2) is 24.3 Å². The van der Waals surface area contributed by atoms with Crippen LogP contribution in [-0.2, 0) is 7.05 Å². The topological polar surface area (TPSA) is 56.2 Å². The number of carbonyl (C=O) groups is 1. The summed E-state index contributed by atoms with van der Waals surface area (Å²) in [5.41, 5.74) is 0.855. The molecule has 0 bridgehead atoms. The van der Waals surface area contributed by atoms with Crippen molar-refractivity contribution in [2.75, 3.05) is 11.9 Å². The second-order valence-electron chi connectivity index (χ2n) is 5.54. The van der Waals surface area contributed by atoms with Gasteiger partial charge in [0.25, 0.3) is 5.91 Å². The zero-order chi connectivity index (χ0) is 19.1. The minimum absolute atomic E-state index is 0.0686. The number of halogens is 4. The van der Waals surface area contributed by atoms with Crippen molar-refractivity contribution in [3.63, 3.8) is 0 Å². The number of amides is 1. The number of nitrogens with one attached hydrogen (secondary N) is 1. The smallest absolute Gasteiger partial charge is 0.422 e. The summed E-state index contributed by atoms with van der Waals surface area (Å²) in [6.45, 7) is 0.363. The highest BCUT2D eigenvalue weighted by atomic mass is 35.5. The number of benzene rings is 1. The number of carbonyl (C=O) groups excluding carboxylic acids is 1. The molecule has 2 heterocycles. The first-order valence-corrected chi connectivity index (χ1v) is 8.57. The number of nitrogens with zero attached hydrogens (tertiary/aromatic N) is 2. The van der Waals surface area contributed by atoms with Crippen molar-refractivity contribution in [2.45, 2.75) is 13.1 Å². The molecule has 0 aliphatic carbocycles. The van der Waals surface area contributed by atoms with Crippen LogP contribution in [0, 0.1) is 6.92 Å². The van der Waals surface area contributed by atoms with E-state index in [4.69, 9.17) is 16.3 Å². The molecule has 1 aromatic carbocycles. The summed E-state index contributed by atoms with van der Waals surface area (Å²) in [5, 5.41) is 7.93. The van der Waals surface area contributed by atoms with Gasteiger partial charge in [-0.1, -0.05) is 11.6 Å². The second kappa shape index (κ2) is 6.81. The summed E-state index contributed by atoms with van der Waals surface area (Å²) in [7, 11) is 1.77. The van der Waals surface area contributed by atoms with Crippen LogP contribution in [0.4, 0.5) is 18.9 Å². The first kappa shape index (κ1) is 18.5. The van der Waals surface area contributed by atoms with E-state index in [1.807, 2.05) is 6.92 Å². The minimum Gasteiger partial charge on any atom is -0.482 e. The molecule has 10 heteroatoms. The molecule has 0 aliphatic rings. The number of aryl methyl sites for hydroxylation is 2. The number of thiophene rings is 1. The van der Waals surface area contributed by atoms with Gasteiger partial charge in [0.15, 0.2) is 6.61 Å². The summed E-state index contributed by atoms with van der Waals surface area (Å²) >= 11 is 7.12. The Morgan fingerprint density at radius 1 is 1.38 bits per heavy atom. The molecule has 0 spiro atoms. The molecule has 0 fully saturated rings. The van der Waals surface area contributed by atoms with Gasteiger partial charge in [-0.05, 0) is 31.2 Å². The van der Waals surface area contributed by atoms with Crippen LogP contribution in [-0.4, -0.2) is 28.5 Å². The number of alkyl halides is 3. The fourth-order valence-electron chi connectivity index (χ4n) is 2.39. The Hall–Kier alpha value is -2.26. The first-order chi connectivity index (χ1) is 12.1. The Labute approximate surface area is 155 Å². The van der Waals surface area contributed by atoms with Crippen LogP contribution in [0.25, 0.3) is 10.2 Å². The van der Waals surface area contributed by atoms with Gasteiger partial charge in [-0.3, -0.25) is 9.48 Å². The van der Waals surface area contributed by atoms with E-state index in [2.05, 4.69) is 10.4 Å². The Morgan fingerprint density at radius 2 is 2.12 bits per heavy atom. The fourth-order valence-corrected chi connectivity index (χ4v) is 3.58. The Bertz CT molecular complexity index is 947. The zero-order valence-electron chi connectivity index (χ0n) is 13.6. The summed E-state index contributed by atoms with van der Waals surface area (Å²) < 4.78 is 43.6. The highest BCUT2D eigenvalue weighted by molar-refractivity contribution is 7.20. The number of anilines is 1. The van der Waals surface area contributed by atoms with Gasteiger partial charge >= 0.3 is 6.18 Å². The number of fused-ring (bicyclic) bond motifs is 1. The van der Waals surface area contributed by atoms with Crippen LogP contribution >= 0.6 is 22.9 Å². The van der Waals surface area contributed by atoms with Gasteiger partial charge in [0.2, 0.25) is 0 Å². The van der Waals surface area contributed by atoms with Crippen LogP contribution in [0.2, 0.25) is 5.02 Å². The van der Waals surface area contributed by atoms with E-state index in [0.29, 0.717) is 4.88 Å². The maximum Gasteiger partial charge on any atom is 0.422 e. The molecule has 26 heavy (non-hydrogen) atoms. The average Bonchev–Trinajstić information content (AvgIpc) is 3.08. The predicted octanol–water partition coefficient (Wildman–Crippen LogP) is 4.79. The highest BCUT2D eigenvalue weighted by Gasteiger charge is 2.29. The van der Waals surface area contributed by atoms with E-state index in [1.54, 1.807) is 17.8 Å². The molecule has 0 aliphatic heterocycles. The van der Waals surface area contributed by atoms with Crippen LogP contribution in [0.3, 0.4) is 0 Å². The molecule has 0 atom stereocenters. The lowest BCUT2D eigenvalue weighted by Crippen LogP contribution is -2.20. The van der Waals surface area contributed by atoms with E-state index in [1.165, 1.54) is 29.5 Å². The summed E-state index contributed by atoms with van der Waals surface area (Å²) in [4.78, 5) is 13.7. The van der Waals surface area contributed by atoms with Crippen molar-refractivity contribution < 1.29 is 22.7 Å². The molecular weight excluding hydrogens is 391 g/mol. The lowest BCUT2D eigenvalue weighted by molar-refractivity contribution is -0.153. The monoisotopic (exact) mass is 403 g/mol. The van der Waals surface area contributed by atoms with E-state index in [9.17, 15) is 18.0 Å². The third-order valence-corrected chi connectivity index (χ3v) is 4.94. The van der Waals surface area contributed by atoms with Crippen molar-refractivity contribution in [3.8, 4) is 5.75 Å². The summed E-state index contributed by atoms with van der Waals surface area (Å²) in [6, 6.07) is 5.70. The van der Waals surface area contributed by atoms with Crippen LogP contribution < -0.4 is 10.1 Å². The first-order valence-electron chi connectivity index (χ1n) is 7.37. The lowest BCUT2D eigenvalue weighted by Gasteiger charge is -2.14. The van der Waals surface area contributed by atoms with Crippen molar-refractivity contribution >= 4 is 44.7 Å². The number of rotatable bonds is 4. The van der Waals surface area contributed by atoms with Crippen LogP contribution in [0.1, 0.15) is 15.4 Å². The third-order valence-electron chi connectivity index (χ3n) is 3.50. The third kappa shape index (κ3) is 3.94. The van der Waals surface area contributed by atoms with Crippen molar-refractivity contribution in [3.05, 3.63) is 39.9 Å². The fraction of sp³-hybridized carbons (Fsp3) is 0.250. The molecule has 0 saturated heterocycles. The largest absolute Gasteiger partial charge is 0.482 e. The molecule has 1 N–H and O–H groups in total. The van der Waals surface area contributed by atoms with Gasteiger partial charge in [0, 0.05) is 17.5 Å². The van der Waals surface area contributed by atoms with E-state index in [0.717, 1.165) is 15.9 Å². The van der Waals surface area contributed by atoms with Gasteiger partial charge < -0.3 is 10.1 Å². The number of aromatic nitrogens is 2. The van der Waals surface area contributed by atoms with Crippen molar-refractivity contribution in [1.29, 1.82) is 0 Å². The standard InChI is InChI=1S/C16H13ClF3N3O2S/c1-8-10-6-13(26-15(10)23(2)22-8)14(24)21-11-5-9(17)3-4-12(11)25-7-16(18,19)20/h3-6H,7H2,1-2H3,(H,21,24). The number of hydrogen-bond donors (Lipinski definition) is 1. The molecule has 3 rings (SSSR count). The predicted molar refractivity (Wildman–Crippen MR) is 94.3 cm³/mol. The molecule has 1 amide bonds. The minimum atomic E-state index is -4.49. The quantitative estimate of drug-likeness (QED) is 0.681. The lowest BCUT2D eigenvalue weighted by atomic mass is 10.2. The maximum atomic E-state index is 12.5. The van der Waals surface area contributed by atoms with Crippen molar-refractivity contribution in [1.82, 2.24) is 9.78 Å². The van der Waals surface area contributed by atoms with Gasteiger partial charge in [-0.25, -0.2) is 0 Å². The molecule has 0 unspecified atom stereocenters. The Morgan fingerprint density at radius 3 is 2.77 bits per heavy atom. The second-order valence-corrected chi connectivity index (χ2v) is 7.00. The van der Waals surface area contributed by atoms with E-state index < -0.39 is 18.7 Å².